The summed E-state index contributed by atoms with van der Waals surface area (Å²) in [5, 5.41) is 0.448. The summed E-state index contributed by atoms with van der Waals surface area (Å²) in [6.07, 6.45) is 0. The second-order valence-electron chi connectivity index (χ2n) is 5.11. The van der Waals surface area contributed by atoms with Crippen LogP contribution < -0.4 is 14.8 Å². The highest BCUT2D eigenvalue weighted by atomic mass is 35.5. The maximum absolute atomic E-state index is 13.1. The van der Waals surface area contributed by atoms with Gasteiger partial charge in [0.05, 0.1) is 12.8 Å². The molecule has 2 N–H and O–H groups in total. The molecular formula is C16H17ClN2O4S. The molecule has 0 radical (unpaired) electrons. The van der Waals surface area contributed by atoms with E-state index in [4.69, 9.17) is 22.1 Å². The molecule has 0 aliphatic heterocycles. The minimum Gasteiger partial charge on any atom is -0.495 e. The molecular weight excluding hydrogens is 352 g/mol. The lowest BCUT2D eigenvalue weighted by molar-refractivity contribution is -0.116. The lowest BCUT2D eigenvalue weighted by atomic mass is 10.2. The molecule has 128 valence electrons. The molecule has 0 aromatic heterocycles. The van der Waals surface area contributed by atoms with Crippen LogP contribution in [0.2, 0.25) is 5.02 Å². The summed E-state index contributed by atoms with van der Waals surface area (Å²) in [5.41, 5.74) is 6.25. The van der Waals surface area contributed by atoms with Gasteiger partial charge >= 0.3 is 0 Å². The highest BCUT2D eigenvalue weighted by molar-refractivity contribution is 7.93. The van der Waals surface area contributed by atoms with Gasteiger partial charge in [-0.15, -0.1) is 0 Å². The molecule has 0 fully saturated rings. The first-order chi connectivity index (χ1) is 11.3. The van der Waals surface area contributed by atoms with Crippen LogP contribution >= 0.6 is 11.6 Å². The predicted octanol–water partition coefficient (Wildman–Crippen LogP) is 2.34. The molecule has 6 nitrogen and oxygen atoms in total. The maximum atomic E-state index is 13.1. The van der Waals surface area contributed by atoms with Crippen LogP contribution in [-0.2, 0) is 14.8 Å². The van der Waals surface area contributed by atoms with E-state index in [1.165, 1.54) is 37.4 Å². The quantitative estimate of drug-likeness (QED) is 0.847. The number of hydrogen-bond acceptors (Lipinski definition) is 4. The number of aryl methyl sites for hydroxylation is 1. The van der Waals surface area contributed by atoms with E-state index in [0.29, 0.717) is 5.02 Å². The Hall–Kier alpha value is -2.25. The highest BCUT2D eigenvalue weighted by Crippen LogP contribution is 2.31. The Morgan fingerprint density at radius 3 is 2.38 bits per heavy atom. The summed E-state index contributed by atoms with van der Waals surface area (Å²) < 4.78 is 32.3. The third-order valence-corrected chi connectivity index (χ3v) is 5.35. The van der Waals surface area contributed by atoms with Crippen molar-refractivity contribution in [3.05, 3.63) is 53.1 Å². The molecule has 0 unspecified atom stereocenters. The molecule has 0 spiro atoms. The number of hydrogen-bond donors (Lipinski definition) is 1. The normalized spacial score (nSPS) is 11.1. The van der Waals surface area contributed by atoms with E-state index >= 15 is 0 Å². The van der Waals surface area contributed by atoms with E-state index in [1.54, 1.807) is 19.1 Å². The van der Waals surface area contributed by atoms with Gasteiger partial charge in [0.25, 0.3) is 10.0 Å². The Balaban J connectivity index is 2.62. The number of amides is 1. The van der Waals surface area contributed by atoms with Crippen molar-refractivity contribution in [3.8, 4) is 5.75 Å². The van der Waals surface area contributed by atoms with Crippen LogP contribution in [0.4, 0.5) is 5.69 Å². The molecule has 0 bridgehead atoms. The van der Waals surface area contributed by atoms with Crippen LogP contribution in [-0.4, -0.2) is 28.0 Å². The molecule has 24 heavy (non-hydrogen) atoms. The number of primary amides is 1. The molecule has 0 heterocycles. The summed E-state index contributed by atoms with van der Waals surface area (Å²) in [6, 6.07) is 10.9. The van der Waals surface area contributed by atoms with Crippen molar-refractivity contribution in [3.63, 3.8) is 0 Å². The van der Waals surface area contributed by atoms with Gasteiger partial charge in [0.1, 0.15) is 17.2 Å². The van der Waals surface area contributed by atoms with Crippen LogP contribution in [0.25, 0.3) is 0 Å². The van der Waals surface area contributed by atoms with Gasteiger partial charge in [-0.05, 0) is 48.9 Å². The van der Waals surface area contributed by atoms with Gasteiger partial charge in [0.2, 0.25) is 5.91 Å². The van der Waals surface area contributed by atoms with Gasteiger partial charge in [-0.1, -0.05) is 17.7 Å². The Bertz CT molecular complexity index is 851. The van der Waals surface area contributed by atoms with Crippen molar-refractivity contribution in [2.75, 3.05) is 18.0 Å². The van der Waals surface area contributed by atoms with Gasteiger partial charge in [0.15, 0.2) is 0 Å². The molecule has 8 heteroatoms. The number of benzene rings is 2. The van der Waals surface area contributed by atoms with Crippen LogP contribution in [0.3, 0.4) is 0 Å². The third kappa shape index (κ3) is 3.80. The molecule has 0 atom stereocenters. The Kier molecular flexibility index (Phi) is 5.36. The highest BCUT2D eigenvalue weighted by Gasteiger charge is 2.29. The second-order valence-corrected chi connectivity index (χ2v) is 7.38. The predicted molar refractivity (Wildman–Crippen MR) is 92.9 cm³/mol. The first-order valence-corrected chi connectivity index (χ1v) is 8.79. The maximum Gasteiger partial charge on any atom is 0.268 e. The standard InChI is InChI=1S/C16H17ClN2O4S/c1-11-3-8-14(23-2)15(9-11)24(21,22)19(10-16(18)20)13-6-4-12(17)5-7-13/h3-9H,10H2,1-2H3,(H2,18,20). The minimum absolute atomic E-state index is 0.0406. The topological polar surface area (TPSA) is 89.7 Å². The minimum atomic E-state index is -4.06. The lowest BCUT2D eigenvalue weighted by Gasteiger charge is -2.24. The molecule has 2 rings (SSSR count). The molecule has 0 saturated carbocycles. The van der Waals surface area contributed by atoms with Crippen LogP contribution in [0.1, 0.15) is 5.56 Å². The van der Waals surface area contributed by atoms with Crippen molar-refractivity contribution in [1.82, 2.24) is 0 Å². The number of ether oxygens (including phenoxy) is 1. The molecule has 0 saturated heterocycles. The fraction of sp³-hybridized carbons (Fsp3) is 0.188. The monoisotopic (exact) mass is 368 g/mol. The summed E-state index contributed by atoms with van der Waals surface area (Å²) in [7, 11) is -2.68. The zero-order valence-corrected chi connectivity index (χ0v) is 14.8. The number of anilines is 1. The van der Waals surface area contributed by atoms with Crippen LogP contribution in [0, 0.1) is 6.92 Å². The number of nitrogens with zero attached hydrogens (tertiary/aromatic N) is 1. The summed E-state index contributed by atoms with van der Waals surface area (Å²) in [6.45, 7) is 1.26. The first-order valence-electron chi connectivity index (χ1n) is 6.97. The lowest BCUT2D eigenvalue weighted by Crippen LogP contribution is -2.38. The van der Waals surface area contributed by atoms with E-state index in [9.17, 15) is 13.2 Å². The van der Waals surface area contributed by atoms with Gasteiger partial charge in [-0.3, -0.25) is 9.10 Å². The number of carbonyl (C=O) groups is 1. The number of methoxy groups -OCH3 is 1. The number of carbonyl (C=O) groups excluding carboxylic acids is 1. The average molecular weight is 369 g/mol. The Morgan fingerprint density at radius 2 is 1.83 bits per heavy atom. The van der Waals surface area contributed by atoms with E-state index in [2.05, 4.69) is 0 Å². The van der Waals surface area contributed by atoms with E-state index in [0.717, 1.165) is 9.87 Å². The fourth-order valence-corrected chi connectivity index (χ4v) is 3.97. The van der Waals surface area contributed by atoms with Crippen molar-refractivity contribution in [2.45, 2.75) is 11.8 Å². The van der Waals surface area contributed by atoms with Crippen molar-refractivity contribution in [2.24, 2.45) is 5.73 Å². The van der Waals surface area contributed by atoms with E-state index < -0.39 is 22.5 Å². The Morgan fingerprint density at radius 1 is 1.21 bits per heavy atom. The summed E-state index contributed by atoms with van der Waals surface area (Å²) in [5.74, 6) is -0.593. The third-order valence-electron chi connectivity index (χ3n) is 3.30. The first kappa shape index (κ1) is 18.1. The largest absolute Gasteiger partial charge is 0.495 e. The van der Waals surface area contributed by atoms with Crippen LogP contribution in [0.15, 0.2) is 47.4 Å². The Labute approximate surface area is 145 Å². The van der Waals surface area contributed by atoms with Gasteiger partial charge in [0, 0.05) is 5.02 Å². The van der Waals surface area contributed by atoms with Crippen LogP contribution in [0.5, 0.6) is 5.75 Å². The number of rotatable bonds is 6. The molecule has 2 aromatic rings. The smallest absolute Gasteiger partial charge is 0.268 e. The molecule has 0 aliphatic carbocycles. The van der Waals surface area contributed by atoms with Gasteiger partial charge in [-0.2, -0.15) is 0 Å². The van der Waals surface area contributed by atoms with E-state index in [1.807, 2.05) is 0 Å². The van der Waals surface area contributed by atoms with Crippen molar-refractivity contribution in [1.29, 1.82) is 0 Å². The SMILES string of the molecule is COc1ccc(C)cc1S(=O)(=O)N(CC(N)=O)c1ccc(Cl)cc1. The molecule has 1 amide bonds. The number of halogens is 1. The van der Waals surface area contributed by atoms with Crippen molar-refractivity contribution < 1.29 is 17.9 Å². The number of nitrogens with two attached hydrogens (primary N) is 1. The van der Waals surface area contributed by atoms with E-state index in [-0.39, 0.29) is 16.3 Å². The fourth-order valence-electron chi connectivity index (χ4n) is 2.17. The zero-order chi connectivity index (χ0) is 17.9. The second kappa shape index (κ2) is 7.11. The average Bonchev–Trinajstić information content (AvgIpc) is 2.53. The molecule has 2 aromatic carbocycles. The number of sulfonamides is 1. The molecule has 0 aliphatic rings. The van der Waals surface area contributed by atoms with Gasteiger partial charge in [-0.25, -0.2) is 8.42 Å². The zero-order valence-electron chi connectivity index (χ0n) is 13.2. The summed E-state index contributed by atoms with van der Waals surface area (Å²) >= 11 is 5.84. The summed E-state index contributed by atoms with van der Waals surface area (Å²) in [4.78, 5) is 11.4. The van der Waals surface area contributed by atoms with Gasteiger partial charge < -0.3 is 10.5 Å². The van der Waals surface area contributed by atoms with Crippen molar-refractivity contribution >= 4 is 33.2 Å².